The minimum atomic E-state index is 0.112. The van der Waals surface area contributed by atoms with Gasteiger partial charge in [0.1, 0.15) is 11.4 Å². The number of ketones is 1. The van der Waals surface area contributed by atoms with E-state index in [4.69, 9.17) is 0 Å². The minimum absolute atomic E-state index is 0.112. The lowest BCUT2D eigenvalue weighted by Gasteiger charge is -2.20. The van der Waals surface area contributed by atoms with Crippen LogP contribution in [0.25, 0.3) is 5.65 Å². The molecule has 0 aliphatic heterocycles. The van der Waals surface area contributed by atoms with Crippen LogP contribution in [0.2, 0.25) is 0 Å². The molecule has 2 heterocycles. The SMILES string of the molecule is O=C1CCCC[C@@H]1c1ccc2nccn2c1. The molecule has 1 atom stereocenters. The monoisotopic (exact) mass is 214 g/mol. The summed E-state index contributed by atoms with van der Waals surface area (Å²) in [4.78, 5) is 16.0. The van der Waals surface area contributed by atoms with Gasteiger partial charge in [-0.05, 0) is 24.5 Å². The van der Waals surface area contributed by atoms with Crippen molar-refractivity contribution in [2.45, 2.75) is 31.6 Å². The summed E-state index contributed by atoms with van der Waals surface area (Å²) in [6.07, 6.45) is 9.71. The van der Waals surface area contributed by atoms with Crippen LogP contribution in [-0.2, 0) is 4.79 Å². The van der Waals surface area contributed by atoms with Gasteiger partial charge >= 0.3 is 0 Å². The highest BCUT2D eigenvalue weighted by Crippen LogP contribution is 2.29. The van der Waals surface area contributed by atoms with E-state index in [-0.39, 0.29) is 5.92 Å². The smallest absolute Gasteiger partial charge is 0.140 e. The van der Waals surface area contributed by atoms with Gasteiger partial charge in [-0.2, -0.15) is 0 Å². The molecular weight excluding hydrogens is 200 g/mol. The Bertz CT molecular complexity index is 529. The minimum Gasteiger partial charge on any atom is -0.307 e. The largest absolute Gasteiger partial charge is 0.307 e. The van der Waals surface area contributed by atoms with Crippen molar-refractivity contribution in [3.05, 3.63) is 36.3 Å². The fourth-order valence-corrected chi connectivity index (χ4v) is 2.48. The van der Waals surface area contributed by atoms with Crippen LogP contribution >= 0.6 is 0 Å². The van der Waals surface area contributed by atoms with E-state index in [0.717, 1.165) is 30.5 Å². The quantitative estimate of drug-likeness (QED) is 0.731. The van der Waals surface area contributed by atoms with Gasteiger partial charge < -0.3 is 4.40 Å². The zero-order valence-electron chi connectivity index (χ0n) is 9.10. The maximum atomic E-state index is 11.8. The number of hydrogen-bond donors (Lipinski definition) is 0. The summed E-state index contributed by atoms with van der Waals surface area (Å²) < 4.78 is 1.98. The van der Waals surface area contributed by atoms with Crippen molar-refractivity contribution >= 4 is 11.4 Å². The molecule has 82 valence electrons. The van der Waals surface area contributed by atoms with Crippen molar-refractivity contribution in [2.24, 2.45) is 0 Å². The molecule has 0 spiro atoms. The van der Waals surface area contributed by atoms with Gasteiger partial charge in [0.15, 0.2) is 0 Å². The molecule has 0 radical (unpaired) electrons. The lowest BCUT2D eigenvalue weighted by atomic mass is 9.84. The predicted octanol–water partition coefficient (Wildman–Crippen LogP) is 2.56. The predicted molar refractivity (Wildman–Crippen MR) is 61.4 cm³/mol. The Morgan fingerprint density at radius 1 is 1.31 bits per heavy atom. The van der Waals surface area contributed by atoms with Crippen molar-refractivity contribution in [2.75, 3.05) is 0 Å². The highest BCUT2D eigenvalue weighted by molar-refractivity contribution is 5.86. The highest BCUT2D eigenvalue weighted by atomic mass is 16.1. The van der Waals surface area contributed by atoms with Crippen molar-refractivity contribution in [3.8, 4) is 0 Å². The first-order chi connectivity index (χ1) is 7.84. The van der Waals surface area contributed by atoms with Gasteiger partial charge in [-0.25, -0.2) is 4.98 Å². The summed E-state index contributed by atoms with van der Waals surface area (Å²) in [7, 11) is 0. The zero-order valence-corrected chi connectivity index (χ0v) is 9.10. The van der Waals surface area contributed by atoms with E-state index in [9.17, 15) is 4.79 Å². The first-order valence-electron chi connectivity index (χ1n) is 5.80. The fourth-order valence-electron chi connectivity index (χ4n) is 2.48. The Morgan fingerprint density at radius 2 is 2.25 bits per heavy atom. The van der Waals surface area contributed by atoms with Gasteiger partial charge in [0.2, 0.25) is 0 Å². The van der Waals surface area contributed by atoms with Crippen molar-refractivity contribution in [1.29, 1.82) is 0 Å². The molecule has 0 saturated heterocycles. The summed E-state index contributed by atoms with van der Waals surface area (Å²) >= 11 is 0. The normalized spacial score (nSPS) is 21.5. The van der Waals surface area contributed by atoms with Gasteiger partial charge in [0.25, 0.3) is 0 Å². The molecule has 0 N–H and O–H groups in total. The fraction of sp³-hybridized carbons (Fsp3) is 0.385. The molecule has 2 aromatic rings. The number of Topliss-reactive ketones (excluding diaryl/α,β-unsaturated/α-hetero) is 1. The Hall–Kier alpha value is -1.64. The first-order valence-corrected chi connectivity index (χ1v) is 5.80. The van der Waals surface area contributed by atoms with E-state index in [1.807, 2.05) is 28.9 Å². The second kappa shape index (κ2) is 3.74. The van der Waals surface area contributed by atoms with Gasteiger partial charge in [0.05, 0.1) is 0 Å². The highest BCUT2D eigenvalue weighted by Gasteiger charge is 2.23. The molecule has 2 aromatic heterocycles. The third-order valence-electron chi connectivity index (χ3n) is 3.37. The van der Waals surface area contributed by atoms with Gasteiger partial charge in [-0.3, -0.25) is 4.79 Å². The summed E-state index contributed by atoms with van der Waals surface area (Å²) in [6.45, 7) is 0. The molecule has 0 bridgehead atoms. The van der Waals surface area contributed by atoms with E-state index in [2.05, 4.69) is 4.98 Å². The first kappa shape index (κ1) is 9.58. The Labute approximate surface area is 94.1 Å². The van der Waals surface area contributed by atoms with E-state index in [1.54, 1.807) is 6.20 Å². The Balaban J connectivity index is 2.00. The molecular formula is C13H14N2O. The number of nitrogens with zero attached hydrogens (tertiary/aromatic N) is 2. The number of imidazole rings is 1. The molecule has 0 aromatic carbocycles. The summed E-state index contributed by atoms with van der Waals surface area (Å²) in [5.74, 6) is 0.506. The van der Waals surface area contributed by atoms with Crippen LogP contribution in [0, 0.1) is 0 Å². The number of carbonyl (C=O) groups excluding carboxylic acids is 1. The third-order valence-corrected chi connectivity index (χ3v) is 3.37. The van der Waals surface area contributed by atoms with E-state index in [1.165, 1.54) is 6.42 Å². The number of fused-ring (bicyclic) bond motifs is 1. The lowest BCUT2D eigenvalue weighted by Crippen LogP contribution is -2.17. The number of pyridine rings is 1. The van der Waals surface area contributed by atoms with Crippen molar-refractivity contribution < 1.29 is 4.79 Å². The molecule has 1 aliphatic carbocycles. The zero-order chi connectivity index (χ0) is 11.0. The molecule has 0 amide bonds. The van der Waals surface area contributed by atoms with Crippen LogP contribution in [0.5, 0.6) is 0 Å². The maximum absolute atomic E-state index is 11.8. The van der Waals surface area contributed by atoms with Crippen LogP contribution in [0.15, 0.2) is 30.7 Å². The average Bonchev–Trinajstić information content (AvgIpc) is 2.76. The van der Waals surface area contributed by atoms with Crippen LogP contribution in [0.4, 0.5) is 0 Å². The second-order valence-corrected chi connectivity index (χ2v) is 4.42. The van der Waals surface area contributed by atoms with Crippen LogP contribution < -0.4 is 0 Å². The summed E-state index contributed by atoms with van der Waals surface area (Å²) in [5, 5.41) is 0. The molecule has 1 fully saturated rings. The van der Waals surface area contributed by atoms with Crippen LogP contribution in [0.1, 0.15) is 37.2 Å². The molecule has 1 saturated carbocycles. The van der Waals surface area contributed by atoms with Gasteiger partial charge in [-0.15, -0.1) is 0 Å². The molecule has 16 heavy (non-hydrogen) atoms. The second-order valence-electron chi connectivity index (χ2n) is 4.42. The van der Waals surface area contributed by atoms with Gasteiger partial charge in [0, 0.05) is 30.9 Å². The van der Waals surface area contributed by atoms with Crippen molar-refractivity contribution in [1.82, 2.24) is 9.38 Å². The molecule has 3 heteroatoms. The Kier molecular flexibility index (Phi) is 2.24. The molecule has 1 aliphatic rings. The van der Waals surface area contributed by atoms with Crippen LogP contribution in [-0.4, -0.2) is 15.2 Å². The number of aromatic nitrogens is 2. The van der Waals surface area contributed by atoms with Crippen LogP contribution in [0.3, 0.4) is 0 Å². The number of rotatable bonds is 1. The average molecular weight is 214 g/mol. The van der Waals surface area contributed by atoms with Gasteiger partial charge in [-0.1, -0.05) is 12.5 Å². The number of hydrogen-bond acceptors (Lipinski definition) is 2. The topological polar surface area (TPSA) is 34.4 Å². The van der Waals surface area contributed by atoms with E-state index >= 15 is 0 Å². The molecule has 0 unspecified atom stereocenters. The van der Waals surface area contributed by atoms with E-state index in [0.29, 0.717) is 5.78 Å². The maximum Gasteiger partial charge on any atom is 0.140 e. The Morgan fingerprint density at radius 3 is 3.12 bits per heavy atom. The molecule has 3 nitrogen and oxygen atoms in total. The van der Waals surface area contributed by atoms with Crippen molar-refractivity contribution in [3.63, 3.8) is 0 Å². The van der Waals surface area contributed by atoms with E-state index < -0.39 is 0 Å². The lowest BCUT2D eigenvalue weighted by molar-refractivity contribution is -0.121. The number of carbonyl (C=O) groups is 1. The summed E-state index contributed by atoms with van der Waals surface area (Å²) in [5.41, 5.74) is 2.07. The standard InChI is InChI=1S/C13H14N2O/c16-12-4-2-1-3-11(12)10-5-6-13-14-7-8-15(13)9-10/h5-9,11H,1-4H2/t11-/m1/s1. The third kappa shape index (κ3) is 1.52. The molecule has 3 rings (SSSR count). The summed E-state index contributed by atoms with van der Waals surface area (Å²) in [6, 6.07) is 4.02.